The van der Waals surface area contributed by atoms with E-state index < -0.39 is 42.6 Å². The van der Waals surface area contributed by atoms with Gasteiger partial charge >= 0.3 is 5.97 Å². The lowest BCUT2D eigenvalue weighted by Gasteiger charge is -2.37. The minimum atomic E-state index is -1.36. The monoisotopic (exact) mass is 378 g/mol. The molecule has 0 aromatic carbocycles. The van der Waals surface area contributed by atoms with E-state index in [1.807, 2.05) is 0 Å². The first-order valence-corrected chi connectivity index (χ1v) is 8.39. The van der Waals surface area contributed by atoms with Gasteiger partial charge in [-0.25, -0.2) is 0 Å². The van der Waals surface area contributed by atoms with Gasteiger partial charge in [0.25, 0.3) is 11.8 Å². The lowest BCUT2D eigenvalue weighted by molar-refractivity contribution is -0.149. The SMILES string of the molecule is COC1CC(/C=C2\C(=O)N(CC(=O)O)C(=O)C(C#N)=C2C)C(OC)CC1O. The number of methoxy groups -OCH3 is 2. The Balaban J connectivity index is 2.48. The Labute approximate surface area is 156 Å². The molecule has 146 valence electrons. The van der Waals surface area contributed by atoms with Gasteiger partial charge in [-0.2, -0.15) is 5.26 Å². The van der Waals surface area contributed by atoms with Crippen molar-refractivity contribution >= 4 is 17.8 Å². The second-order valence-corrected chi connectivity index (χ2v) is 6.53. The highest BCUT2D eigenvalue weighted by atomic mass is 16.5. The van der Waals surface area contributed by atoms with Crippen molar-refractivity contribution < 1.29 is 34.1 Å². The van der Waals surface area contributed by atoms with Gasteiger partial charge < -0.3 is 19.7 Å². The highest BCUT2D eigenvalue weighted by Crippen LogP contribution is 2.33. The Hall–Kier alpha value is -2.54. The summed E-state index contributed by atoms with van der Waals surface area (Å²) in [4.78, 5) is 36.6. The van der Waals surface area contributed by atoms with E-state index in [1.54, 1.807) is 12.1 Å². The fourth-order valence-electron chi connectivity index (χ4n) is 3.49. The third kappa shape index (κ3) is 4.08. The summed E-state index contributed by atoms with van der Waals surface area (Å²) in [5.74, 6) is -3.37. The fourth-order valence-corrected chi connectivity index (χ4v) is 3.49. The number of hydrogen-bond acceptors (Lipinski definition) is 7. The van der Waals surface area contributed by atoms with E-state index in [0.29, 0.717) is 17.7 Å². The predicted octanol–water partition coefficient (Wildman–Crippen LogP) is 0.00718. The maximum absolute atomic E-state index is 12.7. The summed E-state index contributed by atoms with van der Waals surface area (Å²) in [5.41, 5.74) is 0.0185. The molecule has 2 N–H and O–H groups in total. The highest BCUT2D eigenvalue weighted by Gasteiger charge is 2.40. The predicted molar refractivity (Wildman–Crippen MR) is 91.1 cm³/mol. The molecule has 9 heteroatoms. The minimum Gasteiger partial charge on any atom is -0.480 e. The third-order valence-corrected chi connectivity index (χ3v) is 4.99. The van der Waals surface area contributed by atoms with Crippen LogP contribution in [0.4, 0.5) is 0 Å². The lowest BCUT2D eigenvalue weighted by Crippen LogP contribution is -2.46. The quantitative estimate of drug-likeness (QED) is 0.504. The molecule has 1 fully saturated rings. The van der Waals surface area contributed by atoms with Crippen LogP contribution in [0, 0.1) is 17.2 Å². The molecule has 2 rings (SSSR count). The Kier molecular flexibility index (Phi) is 6.49. The van der Waals surface area contributed by atoms with Crippen molar-refractivity contribution in [1.82, 2.24) is 4.90 Å². The standard InChI is InChI=1S/C18H22N2O7/c1-9-11(4-10-5-15(27-3)13(21)6-14(10)26-2)17(24)20(8-16(22)23)18(25)12(9)7-19/h4,10,13-15,21H,5-6,8H2,1-3H3,(H,22,23)/b11-4-. The molecule has 0 bridgehead atoms. The van der Waals surface area contributed by atoms with E-state index in [4.69, 9.17) is 14.6 Å². The molecule has 1 saturated carbocycles. The molecule has 0 aromatic rings. The number of imide groups is 1. The van der Waals surface area contributed by atoms with Crippen LogP contribution in [0.15, 0.2) is 22.8 Å². The molecule has 4 unspecified atom stereocenters. The molecule has 0 radical (unpaired) electrons. The number of carboxylic acids is 1. The number of aliphatic carboxylic acids is 1. The summed E-state index contributed by atoms with van der Waals surface area (Å²) < 4.78 is 10.7. The van der Waals surface area contributed by atoms with E-state index in [9.17, 15) is 24.8 Å². The molecule has 4 atom stereocenters. The molecule has 2 amide bonds. The van der Waals surface area contributed by atoms with Crippen molar-refractivity contribution in [3.05, 3.63) is 22.8 Å². The number of carbonyl (C=O) groups is 3. The molecule has 27 heavy (non-hydrogen) atoms. The van der Waals surface area contributed by atoms with Crippen LogP contribution in [0.25, 0.3) is 0 Å². The van der Waals surface area contributed by atoms with Crippen LogP contribution in [-0.2, 0) is 23.9 Å². The first-order valence-electron chi connectivity index (χ1n) is 8.39. The van der Waals surface area contributed by atoms with Crippen molar-refractivity contribution in [2.45, 2.75) is 38.1 Å². The number of hydrogen-bond donors (Lipinski definition) is 2. The number of carbonyl (C=O) groups excluding carboxylic acids is 2. The summed E-state index contributed by atoms with van der Waals surface area (Å²) in [6.45, 7) is 0.650. The van der Waals surface area contributed by atoms with Gasteiger partial charge in [0.2, 0.25) is 0 Å². The van der Waals surface area contributed by atoms with Crippen LogP contribution in [-0.4, -0.2) is 72.0 Å². The molecule has 1 aliphatic heterocycles. The van der Waals surface area contributed by atoms with Gasteiger partial charge in [-0.05, 0) is 18.9 Å². The average molecular weight is 378 g/mol. The van der Waals surface area contributed by atoms with Gasteiger partial charge in [0, 0.05) is 32.1 Å². The van der Waals surface area contributed by atoms with Gasteiger partial charge in [-0.15, -0.1) is 0 Å². The maximum atomic E-state index is 12.7. The van der Waals surface area contributed by atoms with Crippen LogP contribution >= 0.6 is 0 Å². The maximum Gasteiger partial charge on any atom is 0.323 e. The first kappa shape index (κ1) is 20.8. The van der Waals surface area contributed by atoms with E-state index in [0.717, 1.165) is 0 Å². The molecule has 1 aliphatic carbocycles. The number of rotatable bonds is 5. The molecule has 9 nitrogen and oxygen atoms in total. The number of aliphatic hydroxyl groups excluding tert-OH is 1. The zero-order valence-electron chi connectivity index (χ0n) is 15.3. The van der Waals surface area contributed by atoms with Crippen LogP contribution in [0.5, 0.6) is 0 Å². The number of aliphatic hydroxyl groups is 1. The van der Waals surface area contributed by atoms with Crippen LogP contribution < -0.4 is 0 Å². The van der Waals surface area contributed by atoms with E-state index in [-0.39, 0.29) is 22.6 Å². The summed E-state index contributed by atoms with van der Waals surface area (Å²) >= 11 is 0. The van der Waals surface area contributed by atoms with Gasteiger partial charge in [-0.3, -0.25) is 19.3 Å². The largest absolute Gasteiger partial charge is 0.480 e. The van der Waals surface area contributed by atoms with Gasteiger partial charge in [-0.1, -0.05) is 6.08 Å². The first-order chi connectivity index (χ1) is 12.7. The molecule has 0 aromatic heterocycles. The van der Waals surface area contributed by atoms with Crippen LogP contribution in [0.1, 0.15) is 19.8 Å². The number of nitriles is 1. The van der Waals surface area contributed by atoms with Gasteiger partial charge in [0.05, 0.1) is 18.3 Å². The molecular weight excluding hydrogens is 356 g/mol. The summed E-state index contributed by atoms with van der Waals surface area (Å²) in [5, 5.41) is 28.4. The normalized spacial score (nSPS) is 30.6. The van der Waals surface area contributed by atoms with Crippen molar-refractivity contribution in [3.8, 4) is 6.07 Å². The molecule has 0 saturated heterocycles. The van der Waals surface area contributed by atoms with Gasteiger partial charge in [0.1, 0.15) is 18.2 Å². The molecular formula is C18H22N2O7. The Morgan fingerprint density at radius 2 is 1.89 bits per heavy atom. The van der Waals surface area contributed by atoms with Crippen LogP contribution in [0.3, 0.4) is 0 Å². The summed E-state index contributed by atoms with van der Waals surface area (Å²) in [6.07, 6.45) is 0.692. The molecule has 0 spiro atoms. The van der Waals surface area contributed by atoms with Gasteiger partial charge in [0.15, 0.2) is 0 Å². The summed E-state index contributed by atoms with van der Waals surface area (Å²) in [7, 11) is 2.96. The van der Waals surface area contributed by atoms with Crippen molar-refractivity contribution in [2.75, 3.05) is 20.8 Å². The number of nitrogens with zero attached hydrogens (tertiary/aromatic N) is 2. The highest BCUT2D eigenvalue weighted by molar-refractivity contribution is 6.19. The van der Waals surface area contributed by atoms with Crippen molar-refractivity contribution in [1.29, 1.82) is 5.26 Å². The van der Waals surface area contributed by atoms with Crippen molar-refractivity contribution in [2.24, 2.45) is 5.92 Å². The van der Waals surface area contributed by atoms with E-state index in [1.165, 1.54) is 21.1 Å². The second-order valence-electron chi connectivity index (χ2n) is 6.53. The van der Waals surface area contributed by atoms with Crippen LogP contribution in [0.2, 0.25) is 0 Å². The fraction of sp³-hybridized carbons (Fsp3) is 0.556. The Morgan fingerprint density at radius 3 is 2.41 bits per heavy atom. The third-order valence-electron chi connectivity index (χ3n) is 4.99. The Bertz CT molecular complexity index is 749. The average Bonchev–Trinajstić information content (AvgIpc) is 2.63. The Morgan fingerprint density at radius 1 is 1.26 bits per heavy atom. The van der Waals surface area contributed by atoms with E-state index >= 15 is 0 Å². The lowest BCUT2D eigenvalue weighted by atomic mass is 9.80. The van der Waals surface area contributed by atoms with E-state index in [2.05, 4.69) is 0 Å². The minimum absolute atomic E-state index is 0.0886. The van der Waals surface area contributed by atoms with Crippen molar-refractivity contribution in [3.63, 3.8) is 0 Å². The summed E-state index contributed by atoms with van der Waals surface area (Å²) in [6, 6.07) is 1.75. The smallest absolute Gasteiger partial charge is 0.323 e. The number of ether oxygens (including phenoxy) is 2. The number of amides is 2. The molecule has 1 heterocycles. The topological polar surface area (TPSA) is 137 Å². The number of carboxylic acid groups (broad SMARTS) is 1. The zero-order valence-corrected chi connectivity index (χ0v) is 15.3. The second kappa shape index (κ2) is 8.43. The molecule has 2 aliphatic rings. The zero-order chi connectivity index (χ0) is 20.3.